The van der Waals surface area contributed by atoms with Crippen molar-refractivity contribution >= 4 is 46.3 Å². The molecule has 1 atom stereocenters. The second-order valence-corrected chi connectivity index (χ2v) is 6.08. The summed E-state index contributed by atoms with van der Waals surface area (Å²) < 4.78 is 10.9. The Balaban J connectivity index is 2.26. The maximum Gasteiger partial charge on any atom is 0.344 e. The SMILES string of the molecule is COc1cc(/C=C2/SC(=S)NC2=O)ccc1OC(C)C(=O)O. The lowest BCUT2D eigenvalue weighted by molar-refractivity contribution is -0.144. The topological polar surface area (TPSA) is 84.9 Å². The molecule has 1 fully saturated rings. The molecule has 1 heterocycles. The van der Waals surface area contributed by atoms with E-state index in [1.165, 1.54) is 25.8 Å². The maximum absolute atomic E-state index is 11.6. The monoisotopic (exact) mass is 339 g/mol. The highest BCUT2D eigenvalue weighted by molar-refractivity contribution is 8.26. The summed E-state index contributed by atoms with van der Waals surface area (Å²) in [6.45, 7) is 1.43. The van der Waals surface area contributed by atoms with Crippen LogP contribution >= 0.6 is 24.0 Å². The third kappa shape index (κ3) is 3.77. The lowest BCUT2D eigenvalue weighted by Crippen LogP contribution is -2.23. The molecule has 116 valence electrons. The zero-order valence-electron chi connectivity index (χ0n) is 11.8. The molecule has 0 radical (unpaired) electrons. The van der Waals surface area contributed by atoms with Gasteiger partial charge in [0.1, 0.15) is 4.32 Å². The van der Waals surface area contributed by atoms with E-state index in [2.05, 4.69) is 5.32 Å². The van der Waals surface area contributed by atoms with Gasteiger partial charge in [0.05, 0.1) is 12.0 Å². The summed E-state index contributed by atoms with van der Waals surface area (Å²) in [7, 11) is 1.46. The van der Waals surface area contributed by atoms with E-state index in [-0.39, 0.29) is 5.91 Å². The minimum absolute atomic E-state index is 0.242. The normalized spacial score (nSPS) is 17.3. The smallest absolute Gasteiger partial charge is 0.344 e. The summed E-state index contributed by atoms with van der Waals surface area (Å²) in [5.41, 5.74) is 0.717. The van der Waals surface area contributed by atoms with Gasteiger partial charge in [0.25, 0.3) is 5.91 Å². The van der Waals surface area contributed by atoms with Crippen molar-refractivity contribution in [3.63, 3.8) is 0 Å². The summed E-state index contributed by atoms with van der Waals surface area (Å²) in [6.07, 6.45) is 0.679. The fraction of sp³-hybridized carbons (Fsp3) is 0.214. The van der Waals surface area contributed by atoms with Crippen molar-refractivity contribution in [3.05, 3.63) is 28.7 Å². The first-order valence-electron chi connectivity index (χ1n) is 6.23. The molecule has 22 heavy (non-hydrogen) atoms. The summed E-state index contributed by atoms with van der Waals surface area (Å²) in [4.78, 5) is 22.9. The van der Waals surface area contributed by atoms with E-state index < -0.39 is 12.1 Å². The molecule has 1 saturated heterocycles. The Hall–Kier alpha value is -2.06. The zero-order valence-corrected chi connectivity index (χ0v) is 13.4. The number of nitrogens with one attached hydrogen (secondary N) is 1. The van der Waals surface area contributed by atoms with Crippen LogP contribution in [0.5, 0.6) is 11.5 Å². The molecule has 1 amide bonds. The molecule has 6 nitrogen and oxygen atoms in total. The number of aliphatic carboxylic acids is 1. The summed E-state index contributed by atoms with van der Waals surface area (Å²) in [5.74, 6) is -0.610. The number of carbonyl (C=O) groups excluding carboxylic acids is 1. The molecule has 1 unspecified atom stereocenters. The fourth-order valence-corrected chi connectivity index (χ4v) is 2.73. The van der Waals surface area contributed by atoms with Crippen LogP contribution in [0.25, 0.3) is 6.08 Å². The molecule has 1 aromatic rings. The average molecular weight is 339 g/mol. The quantitative estimate of drug-likeness (QED) is 0.627. The van der Waals surface area contributed by atoms with Crippen molar-refractivity contribution in [1.29, 1.82) is 0 Å². The zero-order chi connectivity index (χ0) is 16.3. The van der Waals surface area contributed by atoms with Gasteiger partial charge in [0, 0.05) is 0 Å². The highest BCUT2D eigenvalue weighted by Crippen LogP contribution is 2.32. The largest absolute Gasteiger partial charge is 0.493 e. The van der Waals surface area contributed by atoms with Gasteiger partial charge in [-0.15, -0.1) is 0 Å². The Kier molecular flexibility index (Phi) is 5.04. The highest BCUT2D eigenvalue weighted by Gasteiger charge is 2.22. The number of amides is 1. The molecule has 1 aliphatic rings. The molecule has 2 N–H and O–H groups in total. The van der Waals surface area contributed by atoms with Crippen LogP contribution in [0.2, 0.25) is 0 Å². The molecular weight excluding hydrogens is 326 g/mol. The van der Waals surface area contributed by atoms with E-state index in [0.29, 0.717) is 20.7 Å². The third-order valence-corrected chi connectivity index (χ3v) is 3.94. The molecule has 1 aliphatic heterocycles. The predicted octanol–water partition coefficient (Wildman–Crippen LogP) is 2.04. The Morgan fingerprint density at radius 3 is 2.73 bits per heavy atom. The van der Waals surface area contributed by atoms with Gasteiger partial charge in [-0.25, -0.2) is 4.79 Å². The summed E-state index contributed by atoms with van der Waals surface area (Å²) >= 11 is 6.10. The van der Waals surface area contributed by atoms with Gasteiger partial charge in [-0.1, -0.05) is 30.0 Å². The minimum atomic E-state index is -1.07. The van der Waals surface area contributed by atoms with E-state index in [4.69, 9.17) is 26.8 Å². The summed E-state index contributed by atoms with van der Waals surface area (Å²) in [6, 6.07) is 4.96. The minimum Gasteiger partial charge on any atom is -0.493 e. The number of methoxy groups -OCH3 is 1. The molecule has 0 bridgehead atoms. The van der Waals surface area contributed by atoms with Crippen LogP contribution in [0.15, 0.2) is 23.1 Å². The fourth-order valence-electron chi connectivity index (χ4n) is 1.68. The van der Waals surface area contributed by atoms with Crippen LogP contribution in [0, 0.1) is 0 Å². The number of carboxylic acid groups (broad SMARTS) is 1. The van der Waals surface area contributed by atoms with Gasteiger partial charge in [-0.3, -0.25) is 4.79 Å². The van der Waals surface area contributed by atoms with E-state index in [0.717, 1.165) is 5.56 Å². The maximum atomic E-state index is 11.6. The number of rotatable bonds is 5. The van der Waals surface area contributed by atoms with Crippen LogP contribution in [-0.4, -0.2) is 34.5 Å². The van der Waals surface area contributed by atoms with Crippen LogP contribution < -0.4 is 14.8 Å². The second-order valence-electron chi connectivity index (χ2n) is 4.36. The average Bonchev–Trinajstić information content (AvgIpc) is 2.78. The van der Waals surface area contributed by atoms with Crippen LogP contribution in [0.3, 0.4) is 0 Å². The van der Waals surface area contributed by atoms with Crippen molar-refractivity contribution in [2.45, 2.75) is 13.0 Å². The number of hydrogen-bond acceptors (Lipinski definition) is 6. The number of hydrogen-bond donors (Lipinski definition) is 2. The van der Waals surface area contributed by atoms with E-state index in [1.54, 1.807) is 24.3 Å². The van der Waals surface area contributed by atoms with Gasteiger partial charge >= 0.3 is 5.97 Å². The molecule has 0 spiro atoms. The lowest BCUT2D eigenvalue weighted by atomic mass is 10.2. The van der Waals surface area contributed by atoms with Crippen LogP contribution in [-0.2, 0) is 9.59 Å². The number of ether oxygens (including phenoxy) is 2. The lowest BCUT2D eigenvalue weighted by Gasteiger charge is -2.14. The van der Waals surface area contributed by atoms with Crippen molar-refractivity contribution in [2.24, 2.45) is 0 Å². The third-order valence-electron chi connectivity index (χ3n) is 2.78. The first-order valence-corrected chi connectivity index (χ1v) is 7.45. The van der Waals surface area contributed by atoms with Crippen molar-refractivity contribution in [3.8, 4) is 11.5 Å². The summed E-state index contributed by atoms with van der Waals surface area (Å²) in [5, 5.41) is 11.4. The van der Waals surface area contributed by atoms with Crippen LogP contribution in [0.1, 0.15) is 12.5 Å². The second kappa shape index (κ2) is 6.80. The van der Waals surface area contributed by atoms with Gasteiger partial charge in [-0.05, 0) is 30.7 Å². The van der Waals surface area contributed by atoms with Crippen LogP contribution in [0.4, 0.5) is 0 Å². The number of benzene rings is 1. The molecule has 0 aromatic heterocycles. The number of carbonyl (C=O) groups is 2. The van der Waals surface area contributed by atoms with Crippen molar-refractivity contribution in [1.82, 2.24) is 5.32 Å². The number of thioether (sulfide) groups is 1. The van der Waals surface area contributed by atoms with Gasteiger partial charge in [0.2, 0.25) is 0 Å². The molecular formula is C14H13NO5S2. The molecule has 8 heteroatoms. The molecule has 2 rings (SSSR count). The first-order chi connectivity index (χ1) is 10.4. The van der Waals surface area contributed by atoms with Crippen molar-refractivity contribution in [2.75, 3.05) is 7.11 Å². The number of carboxylic acids is 1. The Bertz CT molecular complexity index is 671. The number of thiocarbonyl (C=S) groups is 1. The molecule has 1 aromatic carbocycles. The van der Waals surface area contributed by atoms with Gasteiger partial charge in [-0.2, -0.15) is 0 Å². The molecule has 0 aliphatic carbocycles. The van der Waals surface area contributed by atoms with E-state index in [1.807, 2.05) is 0 Å². The van der Waals surface area contributed by atoms with Crippen molar-refractivity contribution < 1.29 is 24.2 Å². The Morgan fingerprint density at radius 1 is 1.45 bits per heavy atom. The predicted molar refractivity (Wildman–Crippen MR) is 87.0 cm³/mol. The van der Waals surface area contributed by atoms with E-state index in [9.17, 15) is 9.59 Å². The highest BCUT2D eigenvalue weighted by atomic mass is 32.2. The van der Waals surface area contributed by atoms with Gasteiger partial charge in [0.15, 0.2) is 17.6 Å². The Morgan fingerprint density at radius 2 is 2.18 bits per heavy atom. The standard InChI is InChI=1S/C14H13NO5S2/c1-7(13(17)18)20-9-4-3-8(5-10(9)19-2)6-11-12(16)15-14(21)22-11/h3-7H,1-2H3,(H,17,18)(H,15,16,21)/b11-6+. The van der Waals surface area contributed by atoms with E-state index >= 15 is 0 Å². The van der Waals surface area contributed by atoms with Gasteiger partial charge < -0.3 is 19.9 Å². The Labute approximate surface area is 136 Å². The molecule has 0 saturated carbocycles. The first kappa shape index (κ1) is 16.3.